The van der Waals surface area contributed by atoms with Crippen LogP contribution in [0.1, 0.15) is 69.8 Å². The minimum atomic E-state index is -0.912. The van der Waals surface area contributed by atoms with Gasteiger partial charge in [0.25, 0.3) is 0 Å². The van der Waals surface area contributed by atoms with Crippen LogP contribution in [0.5, 0.6) is 0 Å². The highest BCUT2D eigenvalue weighted by Gasteiger charge is 2.64. The van der Waals surface area contributed by atoms with Crippen LogP contribution in [0, 0.1) is 40.4 Å². The number of hydrogen-bond acceptors (Lipinski definition) is 5. The van der Waals surface area contributed by atoms with E-state index in [0.717, 1.165) is 61.8 Å². The minimum Gasteiger partial charge on any atom is -0.411 e. The molecule has 36 heavy (non-hydrogen) atoms. The Morgan fingerprint density at radius 2 is 1.92 bits per heavy atom. The minimum absolute atomic E-state index is 0.217. The number of nitriles is 1. The molecule has 0 aliphatic heterocycles. The van der Waals surface area contributed by atoms with Gasteiger partial charge in [-0.3, -0.25) is 4.98 Å². The summed E-state index contributed by atoms with van der Waals surface area (Å²) in [5, 5.41) is 34.4. The van der Waals surface area contributed by atoms with Gasteiger partial charge in [0.15, 0.2) is 0 Å². The van der Waals surface area contributed by atoms with Gasteiger partial charge in [-0.1, -0.05) is 48.0 Å². The molecular weight excluding hydrogens is 446 g/mol. The van der Waals surface area contributed by atoms with Crippen LogP contribution >= 0.6 is 0 Å². The maximum absolute atomic E-state index is 11.8. The van der Waals surface area contributed by atoms with Crippen LogP contribution in [0.2, 0.25) is 0 Å². The molecule has 0 unspecified atom stereocenters. The number of rotatable bonds is 3. The third kappa shape index (κ3) is 3.53. The van der Waals surface area contributed by atoms with Crippen LogP contribution in [-0.2, 0) is 0 Å². The lowest BCUT2D eigenvalue weighted by Gasteiger charge is -2.58. The van der Waals surface area contributed by atoms with Crippen molar-refractivity contribution in [3.63, 3.8) is 0 Å². The Bertz CT molecular complexity index is 1230. The highest BCUT2D eigenvalue weighted by molar-refractivity contribution is 5.96. The molecule has 0 radical (unpaired) electrons. The van der Waals surface area contributed by atoms with Gasteiger partial charge in [0.1, 0.15) is 0 Å². The SMILES string of the molecule is C[C@]12C[C@H](c3ccc(-c4cccnc4)cc3)[C@H]3[C@@H](CCC4=C/C(=N/O)CC[C@@H]43)[C@@H]1CC[C@@]2(O)CC#N. The summed E-state index contributed by atoms with van der Waals surface area (Å²) in [7, 11) is 0. The fourth-order valence-electron chi connectivity index (χ4n) is 8.71. The van der Waals surface area contributed by atoms with Gasteiger partial charge in [-0.05, 0) is 103 Å². The molecule has 4 aliphatic rings. The van der Waals surface area contributed by atoms with Crippen molar-refractivity contribution >= 4 is 5.71 Å². The second-order valence-electron chi connectivity index (χ2n) is 11.8. The Hall–Kier alpha value is -2.97. The van der Waals surface area contributed by atoms with E-state index < -0.39 is 5.60 Å². The average molecular weight is 482 g/mol. The summed E-state index contributed by atoms with van der Waals surface area (Å²) in [6.45, 7) is 2.28. The molecular formula is C31H35N3O2. The van der Waals surface area contributed by atoms with Crippen molar-refractivity contribution in [1.29, 1.82) is 5.26 Å². The highest BCUT2D eigenvalue weighted by Crippen LogP contribution is 2.68. The summed E-state index contributed by atoms with van der Waals surface area (Å²) in [6.07, 6.45) is 12.7. The molecule has 0 amide bonds. The molecule has 5 nitrogen and oxygen atoms in total. The van der Waals surface area contributed by atoms with Crippen LogP contribution in [0.3, 0.4) is 0 Å². The van der Waals surface area contributed by atoms with Gasteiger partial charge in [0, 0.05) is 17.8 Å². The first-order chi connectivity index (χ1) is 17.5. The van der Waals surface area contributed by atoms with E-state index in [0.29, 0.717) is 29.6 Å². The number of aromatic nitrogens is 1. The molecule has 0 saturated heterocycles. The number of nitrogens with zero attached hydrogens (tertiary/aromatic N) is 3. The van der Waals surface area contributed by atoms with Crippen molar-refractivity contribution < 1.29 is 10.3 Å². The van der Waals surface area contributed by atoms with Crippen molar-refractivity contribution in [1.82, 2.24) is 4.98 Å². The summed E-state index contributed by atoms with van der Waals surface area (Å²) in [5.41, 5.74) is 4.70. The molecule has 3 fully saturated rings. The first-order valence-electron chi connectivity index (χ1n) is 13.5. The number of pyridine rings is 1. The second kappa shape index (κ2) is 8.85. The standard InChI is InChI=1S/C31H35N3O2/c1-30-18-27(21-6-4-20(5-7-21)23-3-2-16-33-19-23)29-25-11-9-24(34-36)17-22(25)8-10-26(29)28(30)12-13-31(30,35)14-15-32/h2-7,16-17,19,25-29,35-36H,8-14,18H2,1H3/b34-24+/t25-,26-,27+,28-,29+,30-,31+/m0/s1. The number of oxime groups is 1. The van der Waals surface area contributed by atoms with Crippen LogP contribution in [0.15, 0.2) is 65.6 Å². The first kappa shape index (κ1) is 23.4. The van der Waals surface area contributed by atoms with E-state index in [9.17, 15) is 15.6 Å². The lowest BCUT2D eigenvalue weighted by molar-refractivity contribution is -0.122. The molecule has 186 valence electrons. The molecule has 0 bridgehead atoms. The van der Waals surface area contributed by atoms with Gasteiger partial charge >= 0.3 is 0 Å². The third-order valence-corrected chi connectivity index (χ3v) is 10.5. The van der Waals surface area contributed by atoms with E-state index in [1.165, 1.54) is 11.1 Å². The topological polar surface area (TPSA) is 89.5 Å². The number of aliphatic hydroxyl groups is 1. The van der Waals surface area contributed by atoms with Gasteiger partial charge < -0.3 is 10.3 Å². The van der Waals surface area contributed by atoms with Gasteiger partial charge in [-0.2, -0.15) is 5.26 Å². The Morgan fingerprint density at radius 1 is 1.08 bits per heavy atom. The molecule has 2 aromatic rings. The predicted molar refractivity (Wildman–Crippen MR) is 139 cm³/mol. The summed E-state index contributed by atoms with van der Waals surface area (Å²) in [4.78, 5) is 4.28. The molecule has 1 aromatic heterocycles. The zero-order valence-corrected chi connectivity index (χ0v) is 21.0. The smallest absolute Gasteiger partial charge is 0.0833 e. The monoisotopic (exact) mass is 481 g/mol. The van der Waals surface area contributed by atoms with Gasteiger partial charge in [-0.25, -0.2) is 0 Å². The molecule has 2 N–H and O–H groups in total. The van der Waals surface area contributed by atoms with E-state index in [4.69, 9.17) is 0 Å². The first-order valence-corrected chi connectivity index (χ1v) is 13.5. The summed E-state index contributed by atoms with van der Waals surface area (Å²) in [6, 6.07) is 15.4. The quantitative estimate of drug-likeness (QED) is 0.387. The van der Waals surface area contributed by atoms with Gasteiger partial charge in [0.05, 0.1) is 23.8 Å². The van der Waals surface area contributed by atoms with Gasteiger partial charge in [0.2, 0.25) is 0 Å². The molecule has 1 aromatic carbocycles. The summed E-state index contributed by atoms with van der Waals surface area (Å²) < 4.78 is 0. The van der Waals surface area contributed by atoms with Crippen LogP contribution in [0.4, 0.5) is 0 Å². The zero-order valence-electron chi connectivity index (χ0n) is 21.0. The zero-order chi connectivity index (χ0) is 24.9. The van der Waals surface area contributed by atoms with Crippen molar-refractivity contribution in [3.05, 3.63) is 66.0 Å². The maximum Gasteiger partial charge on any atom is 0.0833 e. The van der Waals surface area contributed by atoms with Crippen molar-refractivity contribution in [2.45, 2.75) is 69.8 Å². The molecule has 7 atom stereocenters. The molecule has 3 saturated carbocycles. The second-order valence-corrected chi connectivity index (χ2v) is 11.8. The predicted octanol–water partition coefficient (Wildman–Crippen LogP) is 6.49. The number of hydrogen-bond donors (Lipinski definition) is 2. The van der Waals surface area contributed by atoms with Crippen molar-refractivity contribution in [2.75, 3.05) is 0 Å². The van der Waals surface area contributed by atoms with Crippen LogP contribution in [0.25, 0.3) is 11.1 Å². The molecule has 1 heterocycles. The number of allylic oxidation sites excluding steroid dienone is 2. The van der Waals surface area contributed by atoms with E-state index in [1.54, 1.807) is 6.20 Å². The van der Waals surface area contributed by atoms with Crippen molar-refractivity contribution in [3.8, 4) is 17.2 Å². The average Bonchev–Trinajstić information content (AvgIpc) is 3.18. The molecule has 4 aliphatic carbocycles. The van der Waals surface area contributed by atoms with Crippen LogP contribution in [-0.4, -0.2) is 26.6 Å². The summed E-state index contributed by atoms with van der Waals surface area (Å²) >= 11 is 0. The lowest BCUT2D eigenvalue weighted by Crippen LogP contribution is -2.55. The van der Waals surface area contributed by atoms with Crippen molar-refractivity contribution in [2.24, 2.45) is 34.2 Å². The molecule has 5 heteroatoms. The maximum atomic E-state index is 11.8. The normalized spacial score (nSPS) is 38.4. The fraction of sp³-hybridized carbons (Fsp3) is 0.516. The van der Waals surface area contributed by atoms with E-state index >= 15 is 0 Å². The Labute approximate surface area is 213 Å². The highest BCUT2D eigenvalue weighted by atomic mass is 16.4. The fourth-order valence-corrected chi connectivity index (χ4v) is 8.71. The van der Waals surface area contributed by atoms with E-state index in [-0.39, 0.29) is 11.8 Å². The van der Waals surface area contributed by atoms with E-state index in [1.807, 2.05) is 12.3 Å². The molecule has 6 rings (SSSR count). The number of benzene rings is 1. The largest absolute Gasteiger partial charge is 0.411 e. The van der Waals surface area contributed by atoms with Gasteiger partial charge in [-0.15, -0.1) is 0 Å². The van der Waals surface area contributed by atoms with Crippen LogP contribution < -0.4 is 0 Å². The summed E-state index contributed by atoms with van der Waals surface area (Å²) in [5.74, 6) is 2.31. The Morgan fingerprint density at radius 3 is 2.64 bits per heavy atom. The lowest BCUT2D eigenvalue weighted by atomic mass is 9.46. The Balaban J connectivity index is 1.42. The Kier molecular flexibility index (Phi) is 5.76. The third-order valence-electron chi connectivity index (χ3n) is 10.5. The number of fused-ring (bicyclic) bond motifs is 5. The molecule has 0 spiro atoms. The van der Waals surface area contributed by atoms with E-state index in [2.05, 4.69) is 59.5 Å².